The second-order valence-electron chi connectivity index (χ2n) is 8.55. The number of nitrogens with zero attached hydrogens (tertiary/aromatic N) is 5. The molecule has 38 heavy (non-hydrogen) atoms. The quantitative estimate of drug-likeness (QED) is 0.161. The first-order chi connectivity index (χ1) is 18.4. The maximum atomic E-state index is 13.1. The van der Waals surface area contributed by atoms with Crippen LogP contribution in [0.25, 0.3) is 5.69 Å². The number of benzene rings is 2. The molecule has 0 radical (unpaired) electrons. The van der Waals surface area contributed by atoms with Crippen molar-refractivity contribution in [1.29, 1.82) is 0 Å². The number of rotatable bonds is 8. The van der Waals surface area contributed by atoms with Crippen molar-refractivity contribution in [2.45, 2.75) is 31.0 Å². The SMILES string of the molecule is Cc1ncn(-c2ccc(N)cc2OC[CH2][Fe])n1.NCCNc1nc(Cl)nc2c1CCC2c1ccc(F)cc1. The fourth-order valence-electron chi connectivity index (χ4n) is 4.23. The van der Waals surface area contributed by atoms with E-state index in [1.807, 2.05) is 19.1 Å². The summed E-state index contributed by atoms with van der Waals surface area (Å²) in [5, 5.41) is 8.37. The molecular weight excluding hydrogens is 551 g/mol. The molecular formula is C26H29ClFFeN8O. The number of aryl methyl sites for hydroxylation is 1. The number of nitrogen functional groups attached to an aromatic ring is 1. The van der Waals surface area contributed by atoms with Crippen LogP contribution in [0, 0.1) is 12.7 Å². The fourth-order valence-corrected chi connectivity index (χ4v) is 4.52. The molecule has 2 aromatic heterocycles. The Morgan fingerprint density at radius 3 is 2.68 bits per heavy atom. The maximum absolute atomic E-state index is 13.1. The zero-order valence-electron chi connectivity index (χ0n) is 20.8. The monoisotopic (exact) mass is 579 g/mol. The van der Waals surface area contributed by atoms with Crippen LogP contribution >= 0.6 is 11.6 Å². The van der Waals surface area contributed by atoms with Gasteiger partial charge in [0, 0.05) is 24.6 Å². The molecule has 2 aromatic carbocycles. The molecule has 9 nitrogen and oxygen atoms in total. The molecule has 5 N–H and O–H groups in total. The first-order valence-corrected chi connectivity index (χ1v) is 13.3. The van der Waals surface area contributed by atoms with Crippen LogP contribution in [0.1, 0.15) is 35.0 Å². The van der Waals surface area contributed by atoms with Gasteiger partial charge in [0.15, 0.2) is 0 Å². The minimum absolute atomic E-state index is 0.138. The van der Waals surface area contributed by atoms with Crippen LogP contribution in [0.4, 0.5) is 15.9 Å². The van der Waals surface area contributed by atoms with Crippen molar-refractivity contribution in [2.75, 3.05) is 30.7 Å². The molecule has 0 spiro atoms. The van der Waals surface area contributed by atoms with Gasteiger partial charge in [-0.3, -0.25) is 0 Å². The van der Waals surface area contributed by atoms with Crippen LogP contribution in [-0.2, 0) is 22.4 Å². The average Bonchev–Trinajstić information content (AvgIpc) is 3.53. The third kappa shape index (κ3) is 6.79. The van der Waals surface area contributed by atoms with E-state index in [1.165, 1.54) is 12.1 Å². The van der Waals surface area contributed by atoms with Gasteiger partial charge in [0.1, 0.15) is 11.6 Å². The van der Waals surface area contributed by atoms with E-state index in [9.17, 15) is 4.39 Å². The summed E-state index contributed by atoms with van der Waals surface area (Å²) in [5.74, 6) is 2.08. The van der Waals surface area contributed by atoms with Crippen LogP contribution in [-0.4, -0.2) is 44.4 Å². The molecule has 0 saturated heterocycles. The maximum Gasteiger partial charge on any atom is 0.224 e. The summed E-state index contributed by atoms with van der Waals surface area (Å²) >= 11 is 9.77. The second kappa shape index (κ2) is 13.0. The molecule has 2 heterocycles. The summed E-state index contributed by atoms with van der Waals surface area (Å²) in [5.41, 5.74) is 15.8. The number of hydrogen-bond donors (Lipinski definition) is 3. The predicted molar refractivity (Wildman–Crippen MR) is 142 cm³/mol. The van der Waals surface area contributed by atoms with Gasteiger partial charge in [-0.05, 0) is 42.1 Å². The smallest absolute Gasteiger partial charge is 0.224 e. The number of nitrogens with one attached hydrogen (secondary N) is 1. The minimum atomic E-state index is -0.233. The van der Waals surface area contributed by atoms with Crippen LogP contribution in [0.5, 0.6) is 5.75 Å². The molecule has 4 aromatic rings. The number of fused-ring (bicyclic) bond motifs is 1. The van der Waals surface area contributed by atoms with Crippen molar-refractivity contribution in [3.63, 3.8) is 0 Å². The van der Waals surface area contributed by atoms with Crippen LogP contribution in [0.3, 0.4) is 0 Å². The number of anilines is 2. The van der Waals surface area contributed by atoms with Gasteiger partial charge >= 0.3 is 108 Å². The van der Waals surface area contributed by atoms with Crippen LogP contribution in [0.15, 0.2) is 48.8 Å². The van der Waals surface area contributed by atoms with E-state index in [1.54, 1.807) is 29.2 Å². The van der Waals surface area contributed by atoms with Crippen LogP contribution in [0.2, 0.25) is 10.6 Å². The standard InChI is InChI=1S/C15H16ClFN4.C11H13N4O.Fe/c16-15-20-13-11(9-1-3-10(17)4-2-9)5-6-12(13)14(21-15)19-8-7-18;1-3-16-11-6-9(12)4-5-10(11)15-7-13-8(2)14-15;/h1-4,11H,5-8,18H2,(H,19,20,21);4-7H,1,3,12H2,2H3;. The Kier molecular flexibility index (Phi) is 9.52. The van der Waals surface area contributed by atoms with E-state index < -0.39 is 0 Å². The van der Waals surface area contributed by atoms with Gasteiger partial charge in [-0.2, -0.15) is 0 Å². The molecule has 5 rings (SSSR count). The molecule has 1 atom stereocenters. The summed E-state index contributed by atoms with van der Waals surface area (Å²) in [4.78, 5) is 12.7. The van der Waals surface area contributed by atoms with Gasteiger partial charge in [-0.1, -0.05) is 12.1 Å². The molecule has 1 aliphatic rings. The average molecular weight is 580 g/mol. The fraction of sp³-hybridized carbons (Fsp3) is 0.308. The van der Waals surface area contributed by atoms with Gasteiger partial charge in [-0.15, -0.1) is 0 Å². The van der Waals surface area contributed by atoms with Gasteiger partial charge in [0.05, 0.1) is 5.69 Å². The summed E-state index contributed by atoms with van der Waals surface area (Å²) < 4.78 is 20.3. The summed E-state index contributed by atoms with van der Waals surface area (Å²) in [6, 6.07) is 12.0. The predicted octanol–water partition coefficient (Wildman–Crippen LogP) is 4.22. The molecule has 0 saturated carbocycles. The Labute approximate surface area is 234 Å². The molecule has 201 valence electrons. The first kappa shape index (κ1) is 27.8. The van der Waals surface area contributed by atoms with Gasteiger partial charge in [-0.25, -0.2) is 14.4 Å². The second-order valence-corrected chi connectivity index (χ2v) is 9.44. The van der Waals surface area contributed by atoms with E-state index in [2.05, 4.69) is 41.4 Å². The third-order valence-electron chi connectivity index (χ3n) is 5.90. The van der Waals surface area contributed by atoms with E-state index in [-0.39, 0.29) is 17.0 Å². The number of ether oxygens (including phenoxy) is 1. The number of halogens is 2. The van der Waals surface area contributed by atoms with Gasteiger partial charge in [0.25, 0.3) is 0 Å². The molecule has 0 bridgehead atoms. The number of aromatic nitrogens is 5. The van der Waals surface area contributed by atoms with Crippen molar-refractivity contribution in [3.05, 3.63) is 82.5 Å². The van der Waals surface area contributed by atoms with Crippen molar-refractivity contribution in [1.82, 2.24) is 24.7 Å². The third-order valence-corrected chi connectivity index (χ3v) is 6.30. The van der Waals surface area contributed by atoms with E-state index in [0.29, 0.717) is 42.3 Å². The molecule has 12 heteroatoms. The van der Waals surface area contributed by atoms with Gasteiger partial charge in [0.2, 0.25) is 5.28 Å². The zero-order chi connectivity index (χ0) is 27.1. The van der Waals surface area contributed by atoms with Crippen molar-refractivity contribution in [2.24, 2.45) is 5.73 Å². The van der Waals surface area contributed by atoms with E-state index in [4.69, 9.17) is 27.8 Å². The summed E-state index contributed by atoms with van der Waals surface area (Å²) in [6.07, 6.45) is 3.45. The Balaban J connectivity index is 0.000000181. The van der Waals surface area contributed by atoms with Crippen molar-refractivity contribution >= 4 is 23.1 Å². The molecule has 0 aliphatic heterocycles. The molecule has 1 aliphatic carbocycles. The Hall–Kier alpha value is -3.24. The zero-order valence-corrected chi connectivity index (χ0v) is 22.7. The number of hydrogen-bond acceptors (Lipinski definition) is 8. The largest absolute Gasteiger partial charge is 0.368 e. The molecule has 1 unspecified atom stereocenters. The Morgan fingerprint density at radius 2 is 2.00 bits per heavy atom. The topological polar surface area (TPSA) is 130 Å². The normalized spacial score (nSPS) is 14.0. The molecule has 0 fully saturated rings. The number of nitrogens with two attached hydrogens (primary N) is 2. The summed E-state index contributed by atoms with van der Waals surface area (Å²) in [7, 11) is 0. The summed E-state index contributed by atoms with van der Waals surface area (Å²) in [6.45, 7) is 3.55. The Morgan fingerprint density at radius 1 is 1.21 bits per heavy atom. The minimum Gasteiger partial charge on any atom is -0.368 e. The molecule has 0 amide bonds. The van der Waals surface area contributed by atoms with E-state index in [0.717, 1.165) is 41.2 Å². The van der Waals surface area contributed by atoms with E-state index >= 15 is 0 Å². The van der Waals surface area contributed by atoms with Gasteiger partial charge < -0.3 is 11.1 Å². The first-order valence-electron chi connectivity index (χ1n) is 12.1. The Bertz CT molecular complexity index is 1370. The van der Waals surface area contributed by atoms with Crippen molar-refractivity contribution in [3.8, 4) is 11.4 Å². The van der Waals surface area contributed by atoms with Crippen LogP contribution < -0.4 is 21.5 Å². The van der Waals surface area contributed by atoms with Crippen molar-refractivity contribution < 1.29 is 25.1 Å².